The molecule has 8 heteroatoms. The summed E-state index contributed by atoms with van der Waals surface area (Å²) in [6, 6.07) is 9.87. The van der Waals surface area contributed by atoms with Crippen molar-refractivity contribution in [1.82, 2.24) is 19.9 Å². The van der Waals surface area contributed by atoms with Gasteiger partial charge in [-0.05, 0) is 36.6 Å². The Morgan fingerprint density at radius 3 is 2.69 bits per heavy atom. The van der Waals surface area contributed by atoms with Crippen molar-refractivity contribution >= 4 is 17.4 Å². The van der Waals surface area contributed by atoms with Crippen LogP contribution < -0.4 is 15.0 Å². The zero-order valence-corrected chi connectivity index (χ0v) is 16.8. The molecule has 152 valence electrons. The van der Waals surface area contributed by atoms with Crippen molar-refractivity contribution < 1.29 is 14.3 Å². The predicted octanol–water partition coefficient (Wildman–Crippen LogP) is 2.28. The van der Waals surface area contributed by atoms with Crippen LogP contribution in [0.4, 0.5) is 5.82 Å². The number of benzene rings is 1. The standard InChI is InChI=1S/C21H25N5O3/c1-25(13-14-4-6-15(28-2)7-5-14)19-10-11-22-20-16(12-23-26(19)20)21(27)24-17-8-9-18(17)29-3/h4-7,10-12,17-18H,8-9,13H2,1-3H3,(H,24,27)/t17-,18-/m1/s1. The van der Waals surface area contributed by atoms with E-state index >= 15 is 0 Å². The lowest BCUT2D eigenvalue weighted by molar-refractivity contribution is 0.00732. The summed E-state index contributed by atoms with van der Waals surface area (Å²) in [5.74, 6) is 1.50. The van der Waals surface area contributed by atoms with Gasteiger partial charge in [-0.3, -0.25) is 4.79 Å². The summed E-state index contributed by atoms with van der Waals surface area (Å²) in [5.41, 5.74) is 2.14. The molecular formula is C21H25N5O3. The highest BCUT2D eigenvalue weighted by Crippen LogP contribution is 2.24. The van der Waals surface area contributed by atoms with E-state index in [4.69, 9.17) is 9.47 Å². The van der Waals surface area contributed by atoms with Gasteiger partial charge < -0.3 is 19.7 Å². The summed E-state index contributed by atoms with van der Waals surface area (Å²) in [6.07, 6.45) is 5.25. The number of carbonyl (C=O) groups excluding carboxylic acids is 1. The maximum absolute atomic E-state index is 12.7. The van der Waals surface area contributed by atoms with Gasteiger partial charge in [0.15, 0.2) is 5.65 Å². The van der Waals surface area contributed by atoms with Crippen molar-refractivity contribution in [3.05, 3.63) is 53.9 Å². The molecule has 0 bridgehead atoms. The normalized spacial score (nSPS) is 18.3. The van der Waals surface area contributed by atoms with Crippen LogP contribution in [0.2, 0.25) is 0 Å². The smallest absolute Gasteiger partial charge is 0.257 e. The minimum atomic E-state index is -0.172. The summed E-state index contributed by atoms with van der Waals surface area (Å²) in [4.78, 5) is 19.2. The minimum absolute atomic E-state index is 0.0448. The fourth-order valence-corrected chi connectivity index (χ4v) is 3.58. The van der Waals surface area contributed by atoms with E-state index in [1.54, 1.807) is 31.1 Å². The fourth-order valence-electron chi connectivity index (χ4n) is 3.58. The molecule has 1 amide bonds. The maximum Gasteiger partial charge on any atom is 0.257 e. The Morgan fingerprint density at radius 2 is 2.03 bits per heavy atom. The lowest BCUT2D eigenvalue weighted by Crippen LogP contribution is -2.51. The van der Waals surface area contributed by atoms with Gasteiger partial charge in [0.25, 0.3) is 5.91 Å². The number of amides is 1. The summed E-state index contributed by atoms with van der Waals surface area (Å²) >= 11 is 0. The molecule has 4 rings (SSSR count). The molecule has 8 nitrogen and oxygen atoms in total. The number of fused-ring (bicyclic) bond motifs is 1. The monoisotopic (exact) mass is 395 g/mol. The molecule has 0 aliphatic heterocycles. The number of carbonyl (C=O) groups is 1. The van der Waals surface area contributed by atoms with Crippen LogP contribution in [-0.4, -0.2) is 53.9 Å². The SMILES string of the molecule is COc1ccc(CN(C)c2ccnc3c(C(=O)N[C@@H]4CC[C@H]4OC)cnn23)cc1. The van der Waals surface area contributed by atoms with Crippen LogP contribution in [0.1, 0.15) is 28.8 Å². The molecule has 29 heavy (non-hydrogen) atoms. The second-order valence-corrected chi connectivity index (χ2v) is 7.23. The van der Waals surface area contributed by atoms with E-state index in [9.17, 15) is 4.79 Å². The average molecular weight is 395 g/mol. The van der Waals surface area contributed by atoms with E-state index in [1.807, 2.05) is 37.4 Å². The Labute approximate surface area is 169 Å². The second kappa shape index (κ2) is 8.08. The summed E-state index contributed by atoms with van der Waals surface area (Å²) < 4.78 is 12.3. The van der Waals surface area contributed by atoms with E-state index in [0.29, 0.717) is 17.8 Å². The van der Waals surface area contributed by atoms with Crippen LogP contribution in [0.3, 0.4) is 0 Å². The molecule has 2 heterocycles. The van der Waals surface area contributed by atoms with Crippen LogP contribution in [0.15, 0.2) is 42.7 Å². The van der Waals surface area contributed by atoms with Gasteiger partial charge in [0.1, 0.15) is 17.1 Å². The van der Waals surface area contributed by atoms with Gasteiger partial charge in [-0.2, -0.15) is 9.61 Å². The molecule has 1 fully saturated rings. The topological polar surface area (TPSA) is 81.0 Å². The Morgan fingerprint density at radius 1 is 1.24 bits per heavy atom. The highest BCUT2D eigenvalue weighted by atomic mass is 16.5. The molecule has 0 saturated heterocycles. The van der Waals surface area contributed by atoms with Crippen molar-refractivity contribution in [1.29, 1.82) is 0 Å². The maximum atomic E-state index is 12.7. The summed E-state index contributed by atoms with van der Waals surface area (Å²) in [6.45, 7) is 0.683. The van der Waals surface area contributed by atoms with Gasteiger partial charge in [-0.25, -0.2) is 4.98 Å². The van der Waals surface area contributed by atoms with Crippen LogP contribution in [-0.2, 0) is 11.3 Å². The van der Waals surface area contributed by atoms with Crippen molar-refractivity contribution in [3.63, 3.8) is 0 Å². The van der Waals surface area contributed by atoms with E-state index < -0.39 is 0 Å². The van der Waals surface area contributed by atoms with Gasteiger partial charge in [-0.15, -0.1) is 0 Å². The van der Waals surface area contributed by atoms with E-state index in [0.717, 1.165) is 30.0 Å². The molecule has 0 radical (unpaired) electrons. The van der Waals surface area contributed by atoms with Crippen LogP contribution in [0, 0.1) is 0 Å². The lowest BCUT2D eigenvalue weighted by Gasteiger charge is -2.35. The molecule has 0 spiro atoms. The quantitative estimate of drug-likeness (QED) is 0.661. The summed E-state index contributed by atoms with van der Waals surface area (Å²) in [5, 5.41) is 7.45. The fraction of sp³-hybridized carbons (Fsp3) is 0.381. The van der Waals surface area contributed by atoms with Gasteiger partial charge >= 0.3 is 0 Å². The van der Waals surface area contributed by atoms with E-state index in [2.05, 4.69) is 20.3 Å². The first-order valence-electron chi connectivity index (χ1n) is 9.61. The number of methoxy groups -OCH3 is 2. The molecule has 1 aliphatic carbocycles. The van der Waals surface area contributed by atoms with Gasteiger partial charge in [-0.1, -0.05) is 12.1 Å². The minimum Gasteiger partial charge on any atom is -0.497 e. The summed E-state index contributed by atoms with van der Waals surface area (Å²) in [7, 11) is 5.31. The second-order valence-electron chi connectivity index (χ2n) is 7.23. The average Bonchev–Trinajstić information content (AvgIpc) is 3.16. The molecule has 3 aromatic rings. The van der Waals surface area contributed by atoms with Crippen LogP contribution in [0.5, 0.6) is 5.75 Å². The molecular weight excluding hydrogens is 370 g/mol. The Hall–Kier alpha value is -3.13. The zero-order valence-electron chi connectivity index (χ0n) is 16.8. The van der Waals surface area contributed by atoms with Crippen LogP contribution >= 0.6 is 0 Å². The highest BCUT2D eigenvalue weighted by Gasteiger charge is 2.33. The van der Waals surface area contributed by atoms with E-state index in [-0.39, 0.29) is 18.1 Å². The predicted molar refractivity (Wildman–Crippen MR) is 109 cm³/mol. The van der Waals surface area contributed by atoms with Crippen molar-refractivity contribution in [2.45, 2.75) is 31.5 Å². The number of rotatable bonds is 7. The number of aromatic nitrogens is 3. The highest BCUT2D eigenvalue weighted by molar-refractivity contribution is 6.00. The Bertz CT molecular complexity index is 999. The van der Waals surface area contributed by atoms with Gasteiger partial charge in [0.05, 0.1) is 25.5 Å². The first-order valence-corrected chi connectivity index (χ1v) is 9.61. The van der Waals surface area contributed by atoms with Crippen molar-refractivity contribution in [2.75, 3.05) is 26.2 Å². The molecule has 1 N–H and O–H groups in total. The third-order valence-electron chi connectivity index (χ3n) is 5.43. The van der Waals surface area contributed by atoms with Crippen molar-refractivity contribution in [2.24, 2.45) is 0 Å². The number of ether oxygens (including phenoxy) is 2. The first-order chi connectivity index (χ1) is 14.1. The largest absolute Gasteiger partial charge is 0.497 e. The lowest BCUT2D eigenvalue weighted by atomic mass is 9.89. The molecule has 0 unspecified atom stereocenters. The van der Waals surface area contributed by atoms with Gasteiger partial charge in [0, 0.05) is 26.9 Å². The van der Waals surface area contributed by atoms with E-state index in [1.165, 1.54) is 0 Å². The number of hydrogen-bond acceptors (Lipinski definition) is 6. The third-order valence-corrected chi connectivity index (χ3v) is 5.43. The molecule has 1 saturated carbocycles. The molecule has 1 aliphatic rings. The first kappa shape index (κ1) is 19.2. The molecule has 1 aromatic carbocycles. The zero-order chi connectivity index (χ0) is 20.4. The molecule has 2 aromatic heterocycles. The van der Waals surface area contributed by atoms with Crippen LogP contribution in [0.25, 0.3) is 5.65 Å². The number of hydrogen-bond donors (Lipinski definition) is 1. The number of nitrogens with zero attached hydrogens (tertiary/aromatic N) is 4. The Kier molecular flexibility index (Phi) is 5.35. The Balaban J connectivity index is 1.54. The number of anilines is 1. The van der Waals surface area contributed by atoms with Gasteiger partial charge in [0.2, 0.25) is 0 Å². The molecule has 2 atom stereocenters. The number of nitrogens with one attached hydrogen (secondary N) is 1. The van der Waals surface area contributed by atoms with Crippen molar-refractivity contribution in [3.8, 4) is 5.75 Å². The third kappa shape index (κ3) is 3.75.